The van der Waals surface area contributed by atoms with Crippen LogP contribution in [0.25, 0.3) is 22.0 Å². The van der Waals surface area contributed by atoms with E-state index in [2.05, 4.69) is 26.3 Å². The summed E-state index contributed by atoms with van der Waals surface area (Å²) in [5, 5.41) is 11.5. The number of benzene rings is 4. The highest BCUT2D eigenvalue weighted by molar-refractivity contribution is 6.24. The van der Waals surface area contributed by atoms with Crippen LogP contribution in [0.4, 0.5) is 11.4 Å². The number of carbonyl (C=O) groups is 7. The standard InChI is InChI=1S/C40H33N7O8/c41-36(50)28-20-44-29-14-13-24(19-27(29)35(28)45-25-5-2-1-3-6-25)22-9-11-23(12-10-22)37(51)43-18-17-42-33(49)21-55-31-8-4-7-26-34(31)40(54)47(39(26)53)30-15-16-32(48)46-38(30)52/h1-14,19-20,30H,15-18,21H2,(H2,41,50)(H,42,49)(H,43,51)(H,44,45)(H,46,48,52). The summed E-state index contributed by atoms with van der Waals surface area (Å²) in [6.07, 6.45) is 1.45. The van der Waals surface area contributed by atoms with E-state index in [4.69, 9.17) is 10.5 Å². The highest BCUT2D eigenvalue weighted by atomic mass is 16.5. The van der Waals surface area contributed by atoms with Crippen molar-refractivity contribution < 1.29 is 38.3 Å². The third-order valence-electron chi connectivity index (χ3n) is 9.18. The minimum atomic E-state index is -1.13. The second-order valence-corrected chi connectivity index (χ2v) is 12.7. The number of ether oxygens (including phenoxy) is 1. The van der Waals surface area contributed by atoms with Gasteiger partial charge in [0.1, 0.15) is 11.8 Å². The van der Waals surface area contributed by atoms with Gasteiger partial charge in [-0.1, -0.05) is 42.5 Å². The maximum atomic E-state index is 13.2. The largest absolute Gasteiger partial charge is 0.483 e. The van der Waals surface area contributed by atoms with Gasteiger partial charge in [-0.05, 0) is 66.1 Å². The summed E-state index contributed by atoms with van der Waals surface area (Å²) in [6.45, 7) is -0.292. The molecule has 0 radical (unpaired) electrons. The van der Waals surface area contributed by atoms with Crippen molar-refractivity contribution in [3.63, 3.8) is 0 Å². The lowest BCUT2D eigenvalue weighted by Crippen LogP contribution is -2.54. The molecule has 1 fully saturated rings. The van der Waals surface area contributed by atoms with Gasteiger partial charge in [0.2, 0.25) is 11.8 Å². The molecule has 6 N–H and O–H groups in total. The van der Waals surface area contributed by atoms with Crippen LogP contribution in [0.1, 0.15) is 54.3 Å². The minimum Gasteiger partial charge on any atom is -0.483 e. The van der Waals surface area contributed by atoms with Crippen LogP contribution in [-0.4, -0.2) is 77.0 Å². The number of primary amides is 1. The zero-order valence-electron chi connectivity index (χ0n) is 29.1. The SMILES string of the molecule is NC(=O)c1cnc2ccc(-c3ccc(C(=O)NCCNC(=O)COc4cccc5c4C(=O)N(C4CCC(=O)NC4=O)C5=O)cc3)cc2c1Nc1ccccc1. The zero-order chi connectivity index (χ0) is 38.6. The number of fused-ring (bicyclic) bond motifs is 2. The first kappa shape index (κ1) is 36.0. The molecule has 0 saturated carbocycles. The molecule has 1 aromatic heterocycles. The molecule has 2 aliphatic heterocycles. The number of nitrogens with zero attached hydrogens (tertiary/aromatic N) is 2. The van der Waals surface area contributed by atoms with E-state index < -0.39 is 48.1 Å². The molecular formula is C40H33N7O8. The van der Waals surface area contributed by atoms with Gasteiger partial charge < -0.3 is 26.4 Å². The Morgan fingerprint density at radius 3 is 2.35 bits per heavy atom. The lowest BCUT2D eigenvalue weighted by atomic mass is 10.00. The van der Waals surface area contributed by atoms with Crippen molar-refractivity contribution >= 4 is 63.6 Å². The van der Waals surface area contributed by atoms with E-state index in [1.54, 1.807) is 24.3 Å². The van der Waals surface area contributed by atoms with Crippen molar-refractivity contribution in [3.8, 4) is 16.9 Å². The second-order valence-electron chi connectivity index (χ2n) is 12.7. The Balaban J connectivity index is 0.926. The molecule has 0 spiro atoms. The first-order chi connectivity index (χ1) is 26.6. The minimum absolute atomic E-state index is 0.00222. The summed E-state index contributed by atoms with van der Waals surface area (Å²) in [6, 6.07) is 25.2. The van der Waals surface area contributed by atoms with Gasteiger partial charge in [0.15, 0.2) is 6.61 Å². The number of para-hydroxylation sites is 1. The average Bonchev–Trinajstić information content (AvgIpc) is 3.44. The highest BCUT2D eigenvalue weighted by Crippen LogP contribution is 2.34. The normalized spacial score (nSPS) is 15.0. The van der Waals surface area contributed by atoms with E-state index in [-0.39, 0.29) is 54.3 Å². The Morgan fingerprint density at radius 1 is 0.855 bits per heavy atom. The molecule has 15 heteroatoms. The van der Waals surface area contributed by atoms with E-state index in [0.717, 1.165) is 21.7 Å². The lowest BCUT2D eigenvalue weighted by Gasteiger charge is -2.27. The van der Waals surface area contributed by atoms with Gasteiger partial charge in [0, 0.05) is 42.3 Å². The molecular weight excluding hydrogens is 706 g/mol. The predicted octanol–water partition coefficient (Wildman–Crippen LogP) is 3.07. The fourth-order valence-electron chi connectivity index (χ4n) is 6.45. The summed E-state index contributed by atoms with van der Waals surface area (Å²) >= 11 is 0. The summed E-state index contributed by atoms with van der Waals surface area (Å²) in [4.78, 5) is 93.1. The topological polar surface area (TPSA) is 219 Å². The predicted molar refractivity (Wildman–Crippen MR) is 199 cm³/mol. The molecule has 4 aromatic carbocycles. The molecule has 2 aliphatic rings. The van der Waals surface area contributed by atoms with Gasteiger partial charge in [-0.2, -0.15) is 0 Å². The fraction of sp³-hybridized carbons (Fsp3) is 0.150. The van der Waals surface area contributed by atoms with Gasteiger partial charge in [-0.3, -0.25) is 48.8 Å². The molecule has 55 heavy (non-hydrogen) atoms. The monoisotopic (exact) mass is 739 g/mol. The Morgan fingerprint density at radius 2 is 1.60 bits per heavy atom. The molecule has 276 valence electrons. The third kappa shape index (κ3) is 7.44. The maximum Gasteiger partial charge on any atom is 0.266 e. The Hall–Kier alpha value is -7.42. The average molecular weight is 740 g/mol. The second kappa shape index (κ2) is 15.3. The zero-order valence-corrected chi connectivity index (χ0v) is 29.1. The van der Waals surface area contributed by atoms with E-state index in [0.29, 0.717) is 22.2 Å². The van der Waals surface area contributed by atoms with Crippen LogP contribution in [0.2, 0.25) is 0 Å². The van der Waals surface area contributed by atoms with Crippen molar-refractivity contribution in [3.05, 3.63) is 119 Å². The van der Waals surface area contributed by atoms with Crippen LogP contribution >= 0.6 is 0 Å². The third-order valence-corrected chi connectivity index (χ3v) is 9.18. The van der Waals surface area contributed by atoms with E-state index in [1.807, 2.05) is 48.5 Å². The molecule has 15 nitrogen and oxygen atoms in total. The van der Waals surface area contributed by atoms with Crippen molar-refractivity contribution in [2.24, 2.45) is 5.73 Å². The number of pyridine rings is 1. The van der Waals surface area contributed by atoms with Crippen molar-refractivity contribution in [2.45, 2.75) is 18.9 Å². The summed E-state index contributed by atoms with van der Waals surface area (Å²) < 4.78 is 5.60. The molecule has 5 aromatic rings. The number of hydrogen-bond donors (Lipinski definition) is 5. The molecule has 7 amide bonds. The van der Waals surface area contributed by atoms with Gasteiger partial charge >= 0.3 is 0 Å². The molecule has 0 aliphatic carbocycles. The Kier molecular flexibility index (Phi) is 9.99. The van der Waals surface area contributed by atoms with Gasteiger partial charge in [0.05, 0.1) is 27.9 Å². The highest BCUT2D eigenvalue weighted by Gasteiger charge is 2.46. The fourth-order valence-corrected chi connectivity index (χ4v) is 6.45. The van der Waals surface area contributed by atoms with Crippen LogP contribution in [0.3, 0.4) is 0 Å². The summed E-state index contributed by atoms with van der Waals surface area (Å²) in [5.41, 5.74) is 9.91. The van der Waals surface area contributed by atoms with Crippen LogP contribution < -0.4 is 31.7 Å². The molecule has 1 atom stereocenters. The molecule has 1 unspecified atom stereocenters. The Bertz CT molecular complexity index is 2400. The number of imide groups is 2. The van der Waals surface area contributed by atoms with Crippen LogP contribution in [0.15, 0.2) is 97.2 Å². The number of nitrogens with one attached hydrogen (secondary N) is 4. The number of rotatable bonds is 12. The van der Waals surface area contributed by atoms with Crippen LogP contribution in [0.5, 0.6) is 5.75 Å². The quantitative estimate of drug-likeness (QED) is 0.0930. The first-order valence-electron chi connectivity index (χ1n) is 17.3. The van der Waals surface area contributed by atoms with Crippen LogP contribution in [-0.2, 0) is 14.4 Å². The molecule has 1 saturated heterocycles. The van der Waals surface area contributed by atoms with Crippen molar-refractivity contribution in [2.75, 3.05) is 25.0 Å². The Labute approximate surface area is 313 Å². The lowest BCUT2D eigenvalue weighted by molar-refractivity contribution is -0.136. The van der Waals surface area contributed by atoms with Crippen LogP contribution in [0, 0.1) is 0 Å². The number of amides is 7. The number of anilines is 2. The number of aromatic nitrogens is 1. The van der Waals surface area contributed by atoms with Crippen molar-refractivity contribution in [1.82, 2.24) is 25.8 Å². The number of piperidine rings is 1. The molecule has 0 bridgehead atoms. The smallest absolute Gasteiger partial charge is 0.266 e. The van der Waals surface area contributed by atoms with Crippen molar-refractivity contribution in [1.29, 1.82) is 0 Å². The maximum absolute atomic E-state index is 13.2. The summed E-state index contributed by atoms with van der Waals surface area (Å²) in [7, 11) is 0. The number of hydrogen-bond acceptors (Lipinski definition) is 10. The van der Waals surface area contributed by atoms with E-state index in [9.17, 15) is 33.6 Å². The number of nitrogens with two attached hydrogens (primary N) is 1. The van der Waals surface area contributed by atoms with E-state index >= 15 is 0 Å². The van der Waals surface area contributed by atoms with Gasteiger partial charge in [-0.25, -0.2) is 0 Å². The summed E-state index contributed by atoms with van der Waals surface area (Å²) in [5.74, 6) is -4.16. The first-order valence-corrected chi connectivity index (χ1v) is 17.3. The van der Waals surface area contributed by atoms with Gasteiger partial charge in [0.25, 0.3) is 29.5 Å². The molecule has 3 heterocycles. The van der Waals surface area contributed by atoms with E-state index in [1.165, 1.54) is 24.4 Å². The number of carbonyl (C=O) groups excluding carboxylic acids is 7. The van der Waals surface area contributed by atoms with Gasteiger partial charge in [-0.15, -0.1) is 0 Å². The molecule has 7 rings (SSSR count).